The smallest absolute Gasteiger partial charge is 0.281 e. The van der Waals surface area contributed by atoms with E-state index in [4.69, 9.17) is 0 Å². The van der Waals surface area contributed by atoms with Crippen molar-refractivity contribution in [2.45, 2.75) is 6.92 Å². The minimum Gasteiger partial charge on any atom is -0.370 e. The average molecular weight is 570 g/mol. The molecule has 9 nitrogen and oxygen atoms in total. The van der Waals surface area contributed by atoms with Gasteiger partial charge in [0.25, 0.3) is 11.1 Å². The van der Waals surface area contributed by atoms with Gasteiger partial charge in [0.1, 0.15) is 5.65 Å². The van der Waals surface area contributed by atoms with Gasteiger partial charge >= 0.3 is 0 Å². The minimum absolute atomic E-state index is 0.293. The number of fused-ring (bicyclic) bond motifs is 1. The zero-order valence-corrected chi connectivity index (χ0v) is 23.7. The van der Waals surface area contributed by atoms with Gasteiger partial charge in [-0.15, -0.1) is 0 Å². The number of para-hydroxylation sites is 2. The van der Waals surface area contributed by atoms with Crippen LogP contribution < -0.4 is 31.2 Å². The number of likely N-dealkylation sites (N-methyl/N-ethyl adjacent to an activating group) is 1. The third-order valence-electron chi connectivity index (χ3n) is 6.88. The number of pyridine rings is 1. The van der Waals surface area contributed by atoms with Gasteiger partial charge < -0.3 is 4.90 Å². The lowest BCUT2D eigenvalue weighted by Crippen LogP contribution is -2.45. The highest BCUT2D eigenvalue weighted by molar-refractivity contribution is 7.88. The van der Waals surface area contributed by atoms with Gasteiger partial charge in [0, 0.05) is 30.5 Å². The van der Waals surface area contributed by atoms with E-state index >= 15 is 0 Å². The third kappa shape index (κ3) is 5.79. The SMILES string of the molecule is C=c1c(=Cc2ccc(N(CC)CCNS(C)(=O)=O)cc2)c(=O)n(-c2ccccc2)c2[nH]n(-c3ccccc3)c(=O)c12. The third-order valence-corrected chi connectivity index (χ3v) is 7.61. The number of rotatable bonds is 9. The standard InChI is InChI=1S/C31H31N5O4S/c1-4-34(20-19-32-41(3,39)40)24-17-15-23(16-18-24)21-27-22(2)28-29(35(30(27)37)25-11-7-5-8-12-25)33-36(31(28)38)26-13-9-6-10-14-26/h5-18,21,32-33H,2,4,19-20H2,1,3H3. The highest BCUT2D eigenvalue weighted by Crippen LogP contribution is 2.16. The number of H-pyrrole nitrogens is 1. The number of nitrogens with one attached hydrogen (secondary N) is 2. The van der Waals surface area contributed by atoms with E-state index in [9.17, 15) is 18.0 Å². The Morgan fingerprint density at radius 3 is 2.10 bits per heavy atom. The normalized spacial score (nSPS) is 12.2. The van der Waals surface area contributed by atoms with Crippen LogP contribution in [0.3, 0.4) is 0 Å². The molecule has 2 heterocycles. The number of aromatic amines is 1. The summed E-state index contributed by atoms with van der Waals surface area (Å²) in [6.45, 7) is 7.67. The first-order valence-corrected chi connectivity index (χ1v) is 15.1. The quantitative estimate of drug-likeness (QED) is 0.283. The Kier molecular flexibility index (Phi) is 7.78. The van der Waals surface area contributed by atoms with Crippen molar-refractivity contribution in [2.75, 3.05) is 30.8 Å². The maximum Gasteiger partial charge on any atom is 0.281 e. The zero-order chi connectivity index (χ0) is 29.1. The van der Waals surface area contributed by atoms with E-state index in [1.807, 2.05) is 91.9 Å². The van der Waals surface area contributed by atoms with E-state index < -0.39 is 10.0 Å². The lowest BCUT2D eigenvalue weighted by atomic mass is 10.1. The molecule has 0 saturated carbocycles. The number of benzene rings is 3. The second kappa shape index (κ2) is 11.4. The molecule has 0 aliphatic carbocycles. The Balaban J connectivity index is 1.64. The van der Waals surface area contributed by atoms with Gasteiger partial charge in [-0.2, -0.15) is 0 Å². The molecule has 0 atom stereocenters. The van der Waals surface area contributed by atoms with Crippen molar-refractivity contribution in [3.8, 4) is 11.4 Å². The number of nitrogens with zero attached hydrogens (tertiary/aromatic N) is 3. The van der Waals surface area contributed by atoms with Crippen LogP contribution in [0.15, 0.2) is 94.5 Å². The average Bonchev–Trinajstić information content (AvgIpc) is 3.31. The molecule has 2 aromatic heterocycles. The molecule has 0 bridgehead atoms. The number of aromatic nitrogens is 3. The molecule has 0 radical (unpaired) electrons. The lowest BCUT2D eigenvalue weighted by Gasteiger charge is -2.23. The first-order chi connectivity index (χ1) is 19.7. The van der Waals surface area contributed by atoms with Crippen LogP contribution in [0.1, 0.15) is 12.5 Å². The van der Waals surface area contributed by atoms with Crippen molar-refractivity contribution in [1.29, 1.82) is 0 Å². The Hall–Kier alpha value is -4.67. The van der Waals surface area contributed by atoms with Gasteiger partial charge in [-0.1, -0.05) is 55.1 Å². The summed E-state index contributed by atoms with van der Waals surface area (Å²) in [5, 5.41) is 4.13. The fourth-order valence-corrected chi connectivity index (χ4v) is 5.32. The fraction of sp³-hybridized carbons (Fsp3) is 0.161. The van der Waals surface area contributed by atoms with E-state index in [-0.39, 0.29) is 11.1 Å². The molecule has 0 fully saturated rings. The van der Waals surface area contributed by atoms with Gasteiger partial charge in [0.05, 0.1) is 23.0 Å². The molecule has 0 unspecified atom stereocenters. The van der Waals surface area contributed by atoms with E-state index in [1.54, 1.807) is 6.08 Å². The Bertz CT molecular complexity index is 2030. The molecular formula is C31H31N5O4S. The summed E-state index contributed by atoms with van der Waals surface area (Å²) in [7, 11) is -3.26. The van der Waals surface area contributed by atoms with E-state index in [0.717, 1.165) is 17.5 Å². The van der Waals surface area contributed by atoms with Crippen molar-refractivity contribution >= 4 is 39.4 Å². The summed E-state index contributed by atoms with van der Waals surface area (Å²) in [5.41, 5.74) is 2.72. The van der Waals surface area contributed by atoms with Crippen molar-refractivity contribution < 1.29 is 8.42 Å². The van der Waals surface area contributed by atoms with Crippen molar-refractivity contribution in [3.05, 3.63) is 122 Å². The summed E-state index contributed by atoms with van der Waals surface area (Å²) < 4.78 is 28.3. The van der Waals surface area contributed by atoms with Gasteiger partial charge in [0.2, 0.25) is 10.0 Å². The first-order valence-electron chi connectivity index (χ1n) is 13.2. The molecule has 5 rings (SSSR count). The first kappa shape index (κ1) is 27.9. The maximum absolute atomic E-state index is 14.0. The van der Waals surface area contributed by atoms with E-state index in [0.29, 0.717) is 52.5 Å². The van der Waals surface area contributed by atoms with Gasteiger partial charge in [-0.25, -0.2) is 17.8 Å². The van der Waals surface area contributed by atoms with E-state index in [2.05, 4.69) is 21.3 Å². The van der Waals surface area contributed by atoms with Crippen molar-refractivity contribution in [1.82, 2.24) is 19.1 Å². The van der Waals surface area contributed by atoms with Crippen molar-refractivity contribution in [3.63, 3.8) is 0 Å². The summed E-state index contributed by atoms with van der Waals surface area (Å²) in [5.74, 6) is 0. The number of sulfonamides is 1. The summed E-state index contributed by atoms with van der Waals surface area (Å²) in [6, 6.07) is 26.0. The molecular weight excluding hydrogens is 538 g/mol. The number of anilines is 1. The largest absolute Gasteiger partial charge is 0.370 e. The molecule has 10 heteroatoms. The predicted molar refractivity (Wildman–Crippen MR) is 165 cm³/mol. The van der Waals surface area contributed by atoms with Gasteiger partial charge in [0.15, 0.2) is 0 Å². The molecule has 0 aliphatic rings. The van der Waals surface area contributed by atoms with Crippen LogP contribution in [0.25, 0.3) is 35.1 Å². The summed E-state index contributed by atoms with van der Waals surface area (Å²) in [6.07, 6.45) is 2.88. The predicted octanol–water partition coefficient (Wildman–Crippen LogP) is 2.08. The molecule has 0 saturated heterocycles. The molecule has 210 valence electrons. The topological polar surface area (TPSA) is 109 Å². The summed E-state index contributed by atoms with van der Waals surface area (Å²) in [4.78, 5) is 29.7. The van der Waals surface area contributed by atoms with Crippen LogP contribution in [-0.2, 0) is 10.0 Å². The second-order valence-corrected chi connectivity index (χ2v) is 11.5. The molecule has 3 aromatic carbocycles. The Morgan fingerprint density at radius 2 is 1.51 bits per heavy atom. The van der Waals surface area contributed by atoms with Crippen LogP contribution in [0, 0.1) is 0 Å². The van der Waals surface area contributed by atoms with E-state index in [1.165, 1.54) is 9.25 Å². The molecule has 2 N–H and O–H groups in total. The Morgan fingerprint density at radius 1 is 0.902 bits per heavy atom. The van der Waals surface area contributed by atoms with Crippen LogP contribution in [-0.4, -0.2) is 48.7 Å². The van der Waals surface area contributed by atoms with Gasteiger partial charge in [-0.3, -0.25) is 19.3 Å². The second-order valence-electron chi connectivity index (χ2n) is 9.66. The summed E-state index contributed by atoms with van der Waals surface area (Å²) >= 11 is 0. The zero-order valence-electron chi connectivity index (χ0n) is 22.9. The number of hydrogen-bond acceptors (Lipinski definition) is 5. The molecule has 41 heavy (non-hydrogen) atoms. The van der Waals surface area contributed by atoms with Crippen LogP contribution in [0.4, 0.5) is 5.69 Å². The van der Waals surface area contributed by atoms with Gasteiger partial charge in [-0.05, 0) is 60.2 Å². The fourth-order valence-electron chi connectivity index (χ4n) is 4.86. The number of hydrogen-bond donors (Lipinski definition) is 2. The Labute approximate surface area is 237 Å². The maximum atomic E-state index is 14.0. The highest BCUT2D eigenvalue weighted by atomic mass is 32.2. The van der Waals surface area contributed by atoms with Crippen molar-refractivity contribution in [2.24, 2.45) is 0 Å². The molecule has 0 amide bonds. The minimum atomic E-state index is -3.26. The monoisotopic (exact) mass is 569 g/mol. The molecule has 0 spiro atoms. The van der Waals surface area contributed by atoms with Crippen LogP contribution >= 0.6 is 0 Å². The van der Waals surface area contributed by atoms with Crippen LogP contribution in [0.2, 0.25) is 0 Å². The molecule has 0 aliphatic heterocycles. The highest BCUT2D eigenvalue weighted by Gasteiger charge is 2.17. The lowest BCUT2D eigenvalue weighted by molar-refractivity contribution is 0.587. The molecule has 5 aromatic rings. The van der Waals surface area contributed by atoms with Crippen LogP contribution in [0.5, 0.6) is 0 Å².